The fourth-order valence-corrected chi connectivity index (χ4v) is 2.58. The number of amides is 1. The summed E-state index contributed by atoms with van der Waals surface area (Å²) in [5, 5.41) is 13.3. The van der Waals surface area contributed by atoms with E-state index in [0.717, 1.165) is 6.42 Å². The molecule has 0 spiro atoms. The predicted octanol–water partition coefficient (Wildman–Crippen LogP) is 3.93. The lowest BCUT2D eigenvalue weighted by Crippen LogP contribution is -2.24. The van der Waals surface area contributed by atoms with Gasteiger partial charge < -0.3 is 14.2 Å². The molecule has 0 saturated heterocycles. The zero-order valence-corrected chi connectivity index (χ0v) is 17.0. The van der Waals surface area contributed by atoms with Crippen molar-refractivity contribution in [3.8, 4) is 23.3 Å². The highest BCUT2D eigenvalue weighted by Gasteiger charge is 2.12. The van der Waals surface area contributed by atoms with Crippen molar-refractivity contribution in [2.75, 3.05) is 19.8 Å². The number of halogens is 1. The second-order valence-electron chi connectivity index (χ2n) is 5.80. The fraction of sp³-hybridized carbons (Fsp3) is 0.286. The van der Waals surface area contributed by atoms with Gasteiger partial charge in [0, 0.05) is 0 Å². The van der Waals surface area contributed by atoms with Crippen molar-refractivity contribution in [3.63, 3.8) is 0 Å². The second-order valence-corrected chi connectivity index (χ2v) is 6.21. The summed E-state index contributed by atoms with van der Waals surface area (Å²) in [5.74, 6) is 0.872. The van der Waals surface area contributed by atoms with Crippen LogP contribution in [0.1, 0.15) is 31.4 Å². The number of rotatable bonds is 10. The van der Waals surface area contributed by atoms with Crippen molar-refractivity contribution in [1.29, 1.82) is 5.26 Å². The molecule has 8 heteroatoms. The van der Waals surface area contributed by atoms with Crippen LogP contribution in [0.25, 0.3) is 0 Å². The Labute approximate surface area is 174 Å². The van der Waals surface area contributed by atoms with Crippen LogP contribution < -0.4 is 19.6 Å². The van der Waals surface area contributed by atoms with Gasteiger partial charge in [-0.05, 0) is 43.2 Å². The molecule has 2 aromatic rings. The van der Waals surface area contributed by atoms with Crippen LogP contribution in [0.15, 0.2) is 41.5 Å². The summed E-state index contributed by atoms with van der Waals surface area (Å²) in [6.07, 6.45) is 2.29. The molecular weight excluding hydrogens is 394 g/mol. The number of ether oxygens (including phenoxy) is 3. The van der Waals surface area contributed by atoms with E-state index in [0.29, 0.717) is 46.6 Å². The summed E-state index contributed by atoms with van der Waals surface area (Å²) in [6.45, 7) is 4.57. The lowest BCUT2D eigenvalue weighted by molar-refractivity contribution is -0.123. The third kappa shape index (κ3) is 6.70. The number of hydrogen-bond donors (Lipinski definition) is 1. The van der Waals surface area contributed by atoms with Crippen LogP contribution in [-0.2, 0) is 4.79 Å². The number of carbonyl (C=O) groups excluding carboxylic acids is 1. The molecule has 0 aliphatic rings. The molecular formula is C21H22ClN3O4. The molecule has 0 fully saturated rings. The highest BCUT2D eigenvalue weighted by molar-refractivity contribution is 6.32. The zero-order chi connectivity index (χ0) is 21.1. The van der Waals surface area contributed by atoms with Crippen LogP contribution >= 0.6 is 11.6 Å². The Morgan fingerprint density at radius 1 is 1.21 bits per heavy atom. The first-order valence-electron chi connectivity index (χ1n) is 9.12. The summed E-state index contributed by atoms with van der Waals surface area (Å²) in [4.78, 5) is 11.9. The minimum atomic E-state index is -0.465. The molecule has 0 bridgehead atoms. The molecule has 2 aromatic carbocycles. The highest BCUT2D eigenvalue weighted by atomic mass is 35.5. The molecule has 0 atom stereocenters. The average Bonchev–Trinajstić information content (AvgIpc) is 2.72. The number of hydrazone groups is 1. The molecule has 29 heavy (non-hydrogen) atoms. The molecule has 0 saturated carbocycles. The topological polar surface area (TPSA) is 92.9 Å². The number of benzene rings is 2. The quantitative estimate of drug-likeness (QED) is 0.468. The van der Waals surface area contributed by atoms with Gasteiger partial charge in [-0.3, -0.25) is 4.79 Å². The Morgan fingerprint density at radius 2 is 2.00 bits per heavy atom. The molecule has 2 rings (SSSR count). The fourth-order valence-electron chi connectivity index (χ4n) is 2.31. The Bertz CT molecular complexity index is 909. The monoisotopic (exact) mass is 415 g/mol. The van der Waals surface area contributed by atoms with E-state index in [9.17, 15) is 4.79 Å². The van der Waals surface area contributed by atoms with Crippen molar-refractivity contribution in [2.24, 2.45) is 5.10 Å². The first kappa shape index (κ1) is 22.1. The SMILES string of the molecule is CCCOc1c(Cl)cc(/C=N/NC(=O)COc2ccccc2C#N)cc1OCC. The third-order valence-electron chi connectivity index (χ3n) is 3.55. The Kier molecular flexibility index (Phi) is 8.80. The lowest BCUT2D eigenvalue weighted by atomic mass is 10.2. The summed E-state index contributed by atoms with van der Waals surface area (Å²) >= 11 is 6.29. The van der Waals surface area contributed by atoms with Crippen molar-refractivity contribution >= 4 is 23.7 Å². The van der Waals surface area contributed by atoms with Gasteiger partial charge in [0.15, 0.2) is 18.1 Å². The second kappa shape index (κ2) is 11.6. The maximum Gasteiger partial charge on any atom is 0.277 e. The third-order valence-corrected chi connectivity index (χ3v) is 3.83. The van der Waals surface area contributed by atoms with E-state index >= 15 is 0 Å². The van der Waals surface area contributed by atoms with Crippen molar-refractivity contribution in [3.05, 3.63) is 52.5 Å². The molecule has 0 radical (unpaired) electrons. The number of nitrogens with one attached hydrogen (secondary N) is 1. The molecule has 1 N–H and O–H groups in total. The van der Waals surface area contributed by atoms with Gasteiger partial charge in [-0.1, -0.05) is 30.7 Å². The lowest BCUT2D eigenvalue weighted by Gasteiger charge is -2.13. The normalized spacial score (nSPS) is 10.4. The number of nitrogens with zero attached hydrogens (tertiary/aromatic N) is 2. The molecule has 1 amide bonds. The molecule has 0 heterocycles. The minimum Gasteiger partial charge on any atom is -0.490 e. The standard InChI is InChI=1S/C21H22ClN3O4/c1-3-9-28-21-17(22)10-15(11-19(21)27-4-2)13-24-25-20(26)14-29-18-8-6-5-7-16(18)12-23/h5-8,10-11,13H,3-4,9,14H2,1-2H3,(H,25,26)/b24-13+. The number of hydrogen-bond acceptors (Lipinski definition) is 6. The van der Waals surface area contributed by atoms with E-state index in [2.05, 4.69) is 10.5 Å². The van der Waals surface area contributed by atoms with E-state index in [1.165, 1.54) is 6.21 Å². The van der Waals surface area contributed by atoms with Gasteiger partial charge in [0.25, 0.3) is 5.91 Å². The van der Waals surface area contributed by atoms with E-state index < -0.39 is 5.91 Å². The Hall–Kier alpha value is -3.24. The van der Waals surface area contributed by atoms with Gasteiger partial charge >= 0.3 is 0 Å². The summed E-state index contributed by atoms with van der Waals surface area (Å²) < 4.78 is 16.6. The van der Waals surface area contributed by atoms with Crippen LogP contribution in [0.5, 0.6) is 17.2 Å². The van der Waals surface area contributed by atoms with Crippen molar-refractivity contribution in [1.82, 2.24) is 5.43 Å². The van der Waals surface area contributed by atoms with E-state index in [4.69, 9.17) is 31.1 Å². The molecule has 0 aromatic heterocycles. The average molecular weight is 416 g/mol. The maximum absolute atomic E-state index is 11.9. The van der Waals surface area contributed by atoms with Gasteiger partial charge in [-0.15, -0.1) is 0 Å². The smallest absolute Gasteiger partial charge is 0.277 e. The molecule has 0 aliphatic heterocycles. The first-order valence-corrected chi connectivity index (χ1v) is 9.49. The van der Waals surface area contributed by atoms with E-state index in [-0.39, 0.29) is 6.61 Å². The van der Waals surface area contributed by atoms with Gasteiger partial charge in [-0.25, -0.2) is 5.43 Å². The number of carbonyl (C=O) groups is 1. The summed E-state index contributed by atoms with van der Waals surface area (Å²) in [6, 6.07) is 12.1. The summed E-state index contributed by atoms with van der Waals surface area (Å²) in [7, 11) is 0. The van der Waals surface area contributed by atoms with Crippen molar-refractivity contribution < 1.29 is 19.0 Å². The van der Waals surface area contributed by atoms with E-state index in [1.807, 2.05) is 19.9 Å². The Morgan fingerprint density at radius 3 is 2.72 bits per heavy atom. The molecule has 0 unspecified atom stereocenters. The van der Waals surface area contributed by atoms with Gasteiger partial charge in [0.1, 0.15) is 11.8 Å². The van der Waals surface area contributed by atoms with E-state index in [1.54, 1.807) is 36.4 Å². The maximum atomic E-state index is 11.9. The number of nitriles is 1. The van der Waals surface area contributed by atoms with Crippen LogP contribution in [0, 0.1) is 11.3 Å². The van der Waals surface area contributed by atoms with Gasteiger partial charge in [-0.2, -0.15) is 10.4 Å². The molecule has 152 valence electrons. The number of para-hydroxylation sites is 1. The minimum absolute atomic E-state index is 0.273. The van der Waals surface area contributed by atoms with Crippen molar-refractivity contribution in [2.45, 2.75) is 20.3 Å². The van der Waals surface area contributed by atoms with Crippen LogP contribution in [-0.4, -0.2) is 31.9 Å². The largest absolute Gasteiger partial charge is 0.490 e. The van der Waals surface area contributed by atoms with Crippen LogP contribution in [0.3, 0.4) is 0 Å². The Balaban J connectivity index is 1.98. The zero-order valence-electron chi connectivity index (χ0n) is 16.3. The highest BCUT2D eigenvalue weighted by Crippen LogP contribution is 2.36. The van der Waals surface area contributed by atoms with Gasteiger partial charge in [0.05, 0.1) is 30.0 Å². The predicted molar refractivity (Wildman–Crippen MR) is 111 cm³/mol. The summed E-state index contributed by atoms with van der Waals surface area (Å²) in [5.41, 5.74) is 3.36. The molecule has 0 aliphatic carbocycles. The molecule has 7 nitrogen and oxygen atoms in total. The van der Waals surface area contributed by atoms with Crippen LogP contribution in [0.2, 0.25) is 5.02 Å². The van der Waals surface area contributed by atoms with Gasteiger partial charge in [0.2, 0.25) is 0 Å². The van der Waals surface area contributed by atoms with Crippen LogP contribution in [0.4, 0.5) is 0 Å². The first-order chi connectivity index (χ1) is 14.1.